The Kier molecular flexibility index (Phi) is 7.40. The van der Waals surface area contributed by atoms with Crippen molar-refractivity contribution in [2.24, 2.45) is 0 Å². The lowest BCUT2D eigenvalue weighted by atomic mass is 10.1. The summed E-state index contributed by atoms with van der Waals surface area (Å²) in [5.74, 6) is -0.293. The lowest BCUT2D eigenvalue weighted by Crippen LogP contribution is -2.38. The Morgan fingerprint density at radius 1 is 1.37 bits per heavy atom. The van der Waals surface area contributed by atoms with Gasteiger partial charge in [0.05, 0.1) is 0 Å². The van der Waals surface area contributed by atoms with Crippen molar-refractivity contribution in [3.05, 3.63) is 30.1 Å². The first-order valence-electron chi connectivity index (χ1n) is 6.57. The molecule has 0 aliphatic heterocycles. The second-order valence-electron chi connectivity index (χ2n) is 4.42. The zero-order chi connectivity index (χ0) is 14.1. The number of ether oxygens (including phenoxy) is 1. The monoisotopic (exact) mass is 271 g/mol. The minimum atomic E-state index is -0.715. The SMILES string of the molecule is CCC(CCO)NCC(O)COc1ccccc1F. The van der Waals surface area contributed by atoms with Crippen LogP contribution in [0.3, 0.4) is 0 Å². The second kappa shape index (κ2) is 8.85. The summed E-state index contributed by atoms with van der Waals surface area (Å²) < 4.78 is 18.5. The fourth-order valence-electron chi connectivity index (χ4n) is 1.72. The maximum atomic E-state index is 13.3. The summed E-state index contributed by atoms with van der Waals surface area (Å²) in [6.45, 7) is 2.51. The average molecular weight is 271 g/mol. The van der Waals surface area contributed by atoms with Crippen LogP contribution in [0.15, 0.2) is 24.3 Å². The summed E-state index contributed by atoms with van der Waals surface area (Å²) in [4.78, 5) is 0. The molecule has 19 heavy (non-hydrogen) atoms. The molecule has 1 aromatic carbocycles. The van der Waals surface area contributed by atoms with Crippen LogP contribution in [-0.2, 0) is 0 Å². The van der Waals surface area contributed by atoms with E-state index in [0.29, 0.717) is 13.0 Å². The molecule has 0 aromatic heterocycles. The Labute approximate surface area is 113 Å². The van der Waals surface area contributed by atoms with E-state index in [9.17, 15) is 9.50 Å². The lowest BCUT2D eigenvalue weighted by Gasteiger charge is -2.19. The van der Waals surface area contributed by atoms with Gasteiger partial charge in [0.15, 0.2) is 11.6 Å². The third-order valence-electron chi connectivity index (χ3n) is 2.88. The van der Waals surface area contributed by atoms with Gasteiger partial charge in [-0.1, -0.05) is 19.1 Å². The number of halogens is 1. The van der Waals surface area contributed by atoms with E-state index in [1.54, 1.807) is 12.1 Å². The molecule has 108 valence electrons. The number of aliphatic hydroxyl groups is 2. The maximum absolute atomic E-state index is 13.3. The molecule has 2 atom stereocenters. The van der Waals surface area contributed by atoms with E-state index in [-0.39, 0.29) is 25.0 Å². The molecule has 0 amide bonds. The van der Waals surface area contributed by atoms with Crippen molar-refractivity contribution in [1.82, 2.24) is 5.32 Å². The zero-order valence-corrected chi connectivity index (χ0v) is 11.2. The predicted octanol–water partition coefficient (Wildman–Crippen LogP) is 1.32. The fraction of sp³-hybridized carbons (Fsp3) is 0.571. The van der Waals surface area contributed by atoms with Crippen LogP contribution in [-0.4, -0.2) is 42.1 Å². The van der Waals surface area contributed by atoms with Crippen molar-refractivity contribution in [2.45, 2.75) is 31.9 Å². The van der Waals surface area contributed by atoms with Crippen molar-refractivity contribution >= 4 is 0 Å². The topological polar surface area (TPSA) is 61.7 Å². The number of para-hydroxylation sites is 1. The molecular formula is C14H22FNO3. The van der Waals surface area contributed by atoms with E-state index in [1.807, 2.05) is 6.92 Å². The van der Waals surface area contributed by atoms with E-state index in [4.69, 9.17) is 9.84 Å². The Morgan fingerprint density at radius 3 is 2.74 bits per heavy atom. The van der Waals surface area contributed by atoms with E-state index in [2.05, 4.69) is 5.32 Å². The fourth-order valence-corrected chi connectivity index (χ4v) is 1.72. The number of hydrogen-bond acceptors (Lipinski definition) is 4. The summed E-state index contributed by atoms with van der Waals surface area (Å²) in [6.07, 6.45) is 0.811. The van der Waals surface area contributed by atoms with Crippen LogP contribution in [0.25, 0.3) is 0 Å². The number of hydrogen-bond donors (Lipinski definition) is 3. The zero-order valence-electron chi connectivity index (χ0n) is 11.2. The molecular weight excluding hydrogens is 249 g/mol. The highest BCUT2D eigenvalue weighted by Crippen LogP contribution is 2.15. The smallest absolute Gasteiger partial charge is 0.165 e. The maximum Gasteiger partial charge on any atom is 0.165 e. The molecule has 0 bridgehead atoms. The molecule has 5 heteroatoms. The molecule has 0 heterocycles. The van der Waals surface area contributed by atoms with Gasteiger partial charge in [-0.05, 0) is 25.0 Å². The molecule has 0 aliphatic rings. The normalized spacial score (nSPS) is 14.1. The second-order valence-corrected chi connectivity index (χ2v) is 4.42. The summed E-state index contributed by atoms with van der Waals surface area (Å²) in [5.41, 5.74) is 0. The standard InChI is InChI=1S/C14H22FNO3/c1-2-11(7-8-17)16-9-12(18)10-19-14-6-4-3-5-13(14)15/h3-6,11-12,16-18H,2,7-10H2,1H3. The number of benzene rings is 1. The van der Waals surface area contributed by atoms with Crippen molar-refractivity contribution in [1.29, 1.82) is 0 Å². The van der Waals surface area contributed by atoms with E-state index < -0.39 is 11.9 Å². The number of rotatable bonds is 9. The van der Waals surface area contributed by atoms with Gasteiger partial charge in [-0.15, -0.1) is 0 Å². The first-order chi connectivity index (χ1) is 9.17. The number of nitrogens with one attached hydrogen (secondary N) is 1. The minimum absolute atomic E-state index is 0.0312. The molecule has 2 unspecified atom stereocenters. The van der Waals surface area contributed by atoms with E-state index >= 15 is 0 Å². The first-order valence-corrected chi connectivity index (χ1v) is 6.57. The lowest BCUT2D eigenvalue weighted by molar-refractivity contribution is 0.0997. The Bertz CT molecular complexity index is 362. The Morgan fingerprint density at radius 2 is 2.11 bits per heavy atom. The summed E-state index contributed by atoms with van der Waals surface area (Å²) >= 11 is 0. The van der Waals surface area contributed by atoms with E-state index in [0.717, 1.165) is 6.42 Å². The molecule has 4 nitrogen and oxygen atoms in total. The van der Waals surface area contributed by atoms with Gasteiger partial charge in [0.25, 0.3) is 0 Å². The predicted molar refractivity (Wildman–Crippen MR) is 71.7 cm³/mol. The Balaban J connectivity index is 2.28. The highest BCUT2D eigenvalue weighted by Gasteiger charge is 2.10. The van der Waals surface area contributed by atoms with Gasteiger partial charge in [-0.3, -0.25) is 0 Å². The number of aliphatic hydroxyl groups excluding tert-OH is 2. The largest absolute Gasteiger partial charge is 0.488 e. The van der Waals surface area contributed by atoms with Gasteiger partial charge in [0, 0.05) is 19.2 Å². The summed E-state index contributed by atoms with van der Waals surface area (Å²) in [6, 6.07) is 6.27. The Hall–Kier alpha value is -1.17. The van der Waals surface area contributed by atoms with Gasteiger partial charge in [0.2, 0.25) is 0 Å². The van der Waals surface area contributed by atoms with Crippen LogP contribution in [0.2, 0.25) is 0 Å². The van der Waals surface area contributed by atoms with Gasteiger partial charge in [0.1, 0.15) is 12.7 Å². The third kappa shape index (κ3) is 6.00. The van der Waals surface area contributed by atoms with Crippen molar-refractivity contribution in [3.63, 3.8) is 0 Å². The summed E-state index contributed by atoms with van der Waals surface area (Å²) in [5, 5.41) is 21.7. The van der Waals surface area contributed by atoms with Crippen LogP contribution < -0.4 is 10.1 Å². The first kappa shape index (κ1) is 15.9. The van der Waals surface area contributed by atoms with Crippen molar-refractivity contribution in [2.75, 3.05) is 19.8 Å². The molecule has 0 spiro atoms. The van der Waals surface area contributed by atoms with Gasteiger partial charge < -0.3 is 20.3 Å². The molecule has 0 saturated heterocycles. The van der Waals surface area contributed by atoms with Crippen LogP contribution in [0, 0.1) is 5.82 Å². The molecule has 1 rings (SSSR count). The van der Waals surface area contributed by atoms with E-state index in [1.165, 1.54) is 12.1 Å². The van der Waals surface area contributed by atoms with Crippen molar-refractivity contribution in [3.8, 4) is 5.75 Å². The molecule has 0 radical (unpaired) electrons. The van der Waals surface area contributed by atoms with Gasteiger partial charge >= 0.3 is 0 Å². The van der Waals surface area contributed by atoms with Gasteiger partial charge in [-0.2, -0.15) is 0 Å². The molecule has 0 aliphatic carbocycles. The third-order valence-corrected chi connectivity index (χ3v) is 2.88. The van der Waals surface area contributed by atoms with Crippen molar-refractivity contribution < 1.29 is 19.3 Å². The van der Waals surface area contributed by atoms with Gasteiger partial charge in [-0.25, -0.2) is 4.39 Å². The van der Waals surface area contributed by atoms with Crippen LogP contribution in [0.1, 0.15) is 19.8 Å². The van der Waals surface area contributed by atoms with Crippen LogP contribution in [0.5, 0.6) is 5.75 Å². The summed E-state index contributed by atoms with van der Waals surface area (Å²) in [7, 11) is 0. The highest BCUT2D eigenvalue weighted by molar-refractivity contribution is 5.23. The molecule has 1 aromatic rings. The molecule has 0 fully saturated rings. The molecule has 3 N–H and O–H groups in total. The highest BCUT2D eigenvalue weighted by atomic mass is 19.1. The average Bonchev–Trinajstić information content (AvgIpc) is 2.42. The minimum Gasteiger partial charge on any atom is -0.488 e. The quantitative estimate of drug-likeness (QED) is 0.634. The van der Waals surface area contributed by atoms with Crippen LogP contribution >= 0.6 is 0 Å². The molecule has 0 saturated carbocycles. The van der Waals surface area contributed by atoms with Crippen LogP contribution in [0.4, 0.5) is 4.39 Å².